The maximum Gasteiger partial charge on any atom is 0.404 e. The number of methoxy groups -OCH3 is 1. The summed E-state index contributed by atoms with van der Waals surface area (Å²) in [6, 6.07) is 6.85. The number of pyridine rings is 2. The Bertz CT molecular complexity index is 1740. The third-order valence-electron chi connectivity index (χ3n) is 8.47. The number of alkyl halides is 1. The van der Waals surface area contributed by atoms with Crippen LogP contribution in [-0.2, 0) is 11.3 Å². The Kier molecular flexibility index (Phi) is 7.27. The van der Waals surface area contributed by atoms with Gasteiger partial charge in [-0.1, -0.05) is 32.4 Å². The van der Waals surface area contributed by atoms with Crippen LogP contribution in [0.4, 0.5) is 9.18 Å². The van der Waals surface area contributed by atoms with Crippen LogP contribution in [0.25, 0.3) is 27.9 Å². The Morgan fingerprint density at radius 1 is 1.21 bits per heavy atom. The molecule has 1 saturated heterocycles. The molecule has 1 aliphatic carbocycles. The molecule has 2 fully saturated rings. The smallest absolute Gasteiger partial charge is 0.404 e. The van der Waals surface area contributed by atoms with E-state index in [1.54, 1.807) is 30.0 Å². The predicted molar refractivity (Wildman–Crippen MR) is 161 cm³/mol. The van der Waals surface area contributed by atoms with E-state index in [2.05, 4.69) is 15.6 Å². The molecule has 1 aliphatic heterocycles. The van der Waals surface area contributed by atoms with E-state index in [0.29, 0.717) is 22.3 Å². The number of piperidine rings is 1. The second-order valence-corrected chi connectivity index (χ2v) is 13.2. The van der Waals surface area contributed by atoms with Gasteiger partial charge in [0.25, 0.3) is 5.91 Å². The summed E-state index contributed by atoms with van der Waals surface area (Å²) in [6.07, 6.45) is 0.677. The second-order valence-electron chi connectivity index (χ2n) is 12.8. The van der Waals surface area contributed by atoms with Crippen LogP contribution in [0.3, 0.4) is 0 Å². The number of likely N-dealkylation sites (tertiary alicyclic amines) is 1. The molecule has 6 rings (SSSR count). The van der Waals surface area contributed by atoms with Gasteiger partial charge in [0.15, 0.2) is 0 Å². The molecule has 0 spiro atoms. The number of ether oxygens (including phenoxy) is 2. The molecule has 0 radical (unpaired) electrons. The zero-order valence-corrected chi connectivity index (χ0v) is 25.7. The van der Waals surface area contributed by atoms with E-state index < -0.39 is 35.7 Å². The van der Waals surface area contributed by atoms with Gasteiger partial charge in [0.05, 0.1) is 31.0 Å². The van der Waals surface area contributed by atoms with Crippen LogP contribution in [0, 0.1) is 18.3 Å². The van der Waals surface area contributed by atoms with E-state index in [4.69, 9.17) is 31.9 Å². The van der Waals surface area contributed by atoms with Crippen LogP contribution in [0.1, 0.15) is 56.0 Å². The number of carbonyl (C=O) groups excluding carboxylic acids is 2. The highest BCUT2D eigenvalue weighted by Gasteiger charge is 2.47. The highest BCUT2D eigenvalue weighted by Crippen LogP contribution is 2.39. The zero-order chi connectivity index (χ0) is 30.8. The van der Waals surface area contributed by atoms with Crippen molar-refractivity contribution in [2.75, 3.05) is 13.7 Å². The maximum absolute atomic E-state index is 15.0. The number of halogens is 2. The van der Waals surface area contributed by atoms with Crippen molar-refractivity contribution < 1.29 is 23.5 Å². The molecule has 0 bridgehead atoms. The monoisotopic (exact) mass is 610 g/mol. The van der Waals surface area contributed by atoms with Crippen molar-refractivity contribution in [3.8, 4) is 17.1 Å². The Morgan fingerprint density at radius 2 is 1.95 bits per heavy atom. The standard InChI is InChI=1S/C31H36ClFN6O4/c1-16-25(21-10-18-8-9-24(32)35-28(18)37(21)13-17-6-7-17)36-39-14-19(11-22(42-5)26(16)39)29(40)38-15-20(33)12-23(43-30(34)41)27(38)31(2,3)4/h8-11,14,17,20,23,27H,6-7,12-13,15H2,1-5H3,(H2,34,41)/t20-,23-,27?/m1/s1. The molecular weight excluding hydrogens is 575 g/mol. The van der Waals surface area contributed by atoms with Crippen LogP contribution < -0.4 is 10.5 Å². The zero-order valence-electron chi connectivity index (χ0n) is 24.9. The Balaban J connectivity index is 1.45. The van der Waals surface area contributed by atoms with E-state index in [1.165, 1.54) is 17.7 Å². The third kappa shape index (κ3) is 5.39. The van der Waals surface area contributed by atoms with E-state index in [0.717, 1.165) is 34.5 Å². The van der Waals surface area contributed by atoms with Crippen LogP contribution >= 0.6 is 11.6 Å². The number of nitrogens with zero attached hydrogens (tertiary/aromatic N) is 5. The van der Waals surface area contributed by atoms with E-state index in [9.17, 15) is 14.0 Å². The number of fused-ring (bicyclic) bond motifs is 2. The molecule has 2 N–H and O–H groups in total. The first-order valence-electron chi connectivity index (χ1n) is 14.5. The van der Waals surface area contributed by atoms with Gasteiger partial charge < -0.3 is 24.7 Å². The number of carbonyl (C=O) groups is 2. The molecule has 1 unspecified atom stereocenters. The first-order valence-corrected chi connectivity index (χ1v) is 14.9. The summed E-state index contributed by atoms with van der Waals surface area (Å²) in [5, 5.41) is 6.34. The molecule has 12 heteroatoms. The topological polar surface area (TPSA) is 117 Å². The van der Waals surface area contributed by atoms with Crippen molar-refractivity contribution in [1.29, 1.82) is 0 Å². The normalized spacial score (nSPS) is 21.0. The molecule has 1 saturated carbocycles. The minimum absolute atomic E-state index is 0.0341. The number of hydrogen-bond donors (Lipinski definition) is 1. The van der Waals surface area contributed by atoms with Crippen molar-refractivity contribution in [2.45, 2.75) is 71.8 Å². The van der Waals surface area contributed by atoms with Crippen LogP contribution in [0.2, 0.25) is 5.15 Å². The molecule has 10 nitrogen and oxygen atoms in total. The van der Waals surface area contributed by atoms with Gasteiger partial charge in [-0.3, -0.25) is 4.79 Å². The summed E-state index contributed by atoms with van der Waals surface area (Å²) in [7, 11) is 1.54. The number of hydrogen-bond acceptors (Lipinski definition) is 6. The maximum atomic E-state index is 15.0. The molecule has 5 heterocycles. The average molecular weight is 611 g/mol. The molecule has 228 valence electrons. The van der Waals surface area contributed by atoms with Gasteiger partial charge in [0, 0.05) is 30.1 Å². The second kappa shape index (κ2) is 10.7. The number of aromatic nitrogens is 4. The molecule has 2 amide bonds. The van der Waals surface area contributed by atoms with Crippen LogP contribution in [0.5, 0.6) is 5.75 Å². The van der Waals surface area contributed by atoms with E-state index in [1.807, 2.05) is 33.8 Å². The van der Waals surface area contributed by atoms with Crippen LogP contribution in [0.15, 0.2) is 30.5 Å². The Hall–Kier alpha value is -3.86. The number of primary amides is 1. The Morgan fingerprint density at radius 3 is 2.60 bits per heavy atom. The number of aryl methyl sites for hydroxylation is 1. The molecule has 3 atom stereocenters. The number of rotatable bonds is 6. The summed E-state index contributed by atoms with van der Waals surface area (Å²) in [4.78, 5) is 31.8. The summed E-state index contributed by atoms with van der Waals surface area (Å²) >= 11 is 6.27. The largest absolute Gasteiger partial charge is 0.494 e. The first-order chi connectivity index (χ1) is 20.3. The average Bonchev–Trinajstić information content (AvgIpc) is 3.60. The molecule has 2 aliphatic rings. The lowest BCUT2D eigenvalue weighted by atomic mass is 9.78. The molecule has 0 aromatic carbocycles. The summed E-state index contributed by atoms with van der Waals surface area (Å²) in [6.45, 7) is 8.40. The lowest BCUT2D eigenvalue weighted by molar-refractivity contribution is -0.0571. The SMILES string of the molecule is COc1cc(C(=O)N2C[C@H](F)C[C@@H](OC(N)=O)C2C(C)(C)C)cn2nc(-c3cc4ccc(Cl)nc4n3CC3CC3)c(C)c12. The van der Waals surface area contributed by atoms with E-state index >= 15 is 0 Å². The summed E-state index contributed by atoms with van der Waals surface area (Å²) < 4.78 is 29.9. The highest BCUT2D eigenvalue weighted by molar-refractivity contribution is 6.29. The molecule has 4 aromatic heterocycles. The molecule has 4 aromatic rings. The predicted octanol–water partition coefficient (Wildman–Crippen LogP) is 5.79. The van der Waals surface area contributed by atoms with Crippen molar-refractivity contribution in [3.05, 3.63) is 46.7 Å². The molecule has 43 heavy (non-hydrogen) atoms. The van der Waals surface area contributed by atoms with E-state index in [-0.39, 0.29) is 18.5 Å². The summed E-state index contributed by atoms with van der Waals surface area (Å²) in [5.74, 6) is 0.615. The highest BCUT2D eigenvalue weighted by atomic mass is 35.5. The van der Waals surface area contributed by atoms with Crippen molar-refractivity contribution in [1.82, 2.24) is 24.1 Å². The van der Waals surface area contributed by atoms with Gasteiger partial charge in [-0.15, -0.1) is 0 Å². The molecular formula is C31H36ClFN6O4. The van der Waals surface area contributed by atoms with Crippen molar-refractivity contribution in [2.24, 2.45) is 17.1 Å². The van der Waals surface area contributed by atoms with Gasteiger partial charge in [-0.25, -0.2) is 18.7 Å². The first kappa shape index (κ1) is 29.2. The summed E-state index contributed by atoms with van der Waals surface area (Å²) in [5.41, 5.74) is 9.10. The van der Waals surface area contributed by atoms with Crippen molar-refractivity contribution in [3.63, 3.8) is 0 Å². The van der Waals surface area contributed by atoms with Crippen molar-refractivity contribution >= 4 is 40.2 Å². The lowest BCUT2D eigenvalue weighted by Gasteiger charge is -2.47. The third-order valence-corrected chi connectivity index (χ3v) is 8.68. The number of amides is 2. The van der Waals surface area contributed by atoms with Gasteiger partial charge in [0.2, 0.25) is 0 Å². The fraction of sp³-hybridized carbons (Fsp3) is 0.484. The fourth-order valence-corrected chi connectivity index (χ4v) is 6.63. The fourth-order valence-electron chi connectivity index (χ4n) is 6.49. The van der Waals surface area contributed by atoms with Crippen LogP contribution in [-0.4, -0.2) is 68.0 Å². The minimum atomic E-state index is -1.38. The lowest BCUT2D eigenvalue weighted by Crippen LogP contribution is -2.61. The van der Waals surface area contributed by atoms with Gasteiger partial charge in [0.1, 0.15) is 40.0 Å². The number of nitrogens with two attached hydrogens (primary N) is 1. The quantitative estimate of drug-likeness (QED) is 0.276. The minimum Gasteiger partial charge on any atom is -0.494 e. The van der Waals surface area contributed by atoms with Gasteiger partial charge >= 0.3 is 6.09 Å². The van der Waals surface area contributed by atoms with Gasteiger partial charge in [-0.2, -0.15) is 5.10 Å². The van der Waals surface area contributed by atoms with Gasteiger partial charge in [-0.05, 0) is 55.4 Å². The Labute approximate surface area is 253 Å².